The van der Waals surface area contributed by atoms with Crippen molar-refractivity contribution >= 4 is 11.9 Å². The van der Waals surface area contributed by atoms with Gasteiger partial charge in [-0.1, -0.05) is 262 Å². The molecule has 0 saturated carbocycles. The SMILES string of the molecule is CCCCCCCC/C=C\CCCCCCCC(=O)OCCCCC/C=C\C=C/CCCCCCCCC(=O)NC(CO)C(O)CCCCCCCCCCCCCCCCCCCCCCC. The molecule has 0 spiro atoms. The maximum Gasteiger partial charge on any atom is 0.305 e. The Morgan fingerprint density at radius 3 is 1.13 bits per heavy atom. The second-order valence-electron chi connectivity index (χ2n) is 20.7. The molecule has 0 aliphatic rings. The summed E-state index contributed by atoms with van der Waals surface area (Å²) in [5.74, 6) is -0.0846. The smallest absolute Gasteiger partial charge is 0.305 e. The Kier molecular flexibility index (Phi) is 56.0. The molecule has 2 atom stereocenters. The highest BCUT2D eigenvalue weighted by Gasteiger charge is 2.20. The van der Waals surface area contributed by atoms with E-state index >= 15 is 0 Å². The number of carbonyl (C=O) groups is 2. The summed E-state index contributed by atoms with van der Waals surface area (Å²) >= 11 is 0. The molecule has 0 heterocycles. The zero-order chi connectivity index (χ0) is 49.3. The molecule has 0 saturated heterocycles. The molecule has 1 amide bonds. The summed E-state index contributed by atoms with van der Waals surface area (Å²) in [6.07, 6.45) is 71.4. The Labute approximate surface area is 424 Å². The predicted molar refractivity (Wildman–Crippen MR) is 296 cm³/mol. The first-order valence-electron chi connectivity index (χ1n) is 30.3. The summed E-state index contributed by atoms with van der Waals surface area (Å²) < 4.78 is 5.45. The van der Waals surface area contributed by atoms with Gasteiger partial charge in [0.1, 0.15) is 0 Å². The van der Waals surface area contributed by atoms with Gasteiger partial charge in [0, 0.05) is 12.8 Å². The van der Waals surface area contributed by atoms with Crippen LogP contribution in [0.3, 0.4) is 0 Å². The van der Waals surface area contributed by atoms with Crippen LogP contribution >= 0.6 is 0 Å². The average molecular weight is 957 g/mol. The normalized spacial score (nSPS) is 12.8. The van der Waals surface area contributed by atoms with Gasteiger partial charge < -0.3 is 20.3 Å². The Morgan fingerprint density at radius 2 is 0.735 bits per heavy atom. The van der Waals surface area contributed by atoms with E-state index in [0.29, 0.717) is 25.9 Å². The molecule has 6 nitrogen and oxygen atoms in total. The molecule has 6 heteroatoms. The monoisotopic (exact) mass is 956 g/mol. The third-order valence-electron chi connectivity index (χ3n) is 13.9. The molecule has 0 aromatic carbocycles. The summed E-state index contributed by atoms with van der Waals surface area (Å²) in [4.78, 5) is 24.5. The van der Waals surface area contributed by atoms with Gasteiger partial charge in [0.15, 0.2) is 0 Å². The van der Waals surface area contributed by atoms with Crippen molar-refractivity contribution in [2.45, 2.75) is 334 Å². The minimum atomic E-state index is -0.680. The molecule has 2 unspecified atom stereocenters. The number of hydrogen-bond donors (Lipinski definition) is 3. The first kappa shape index (κ1) is 66.1. The highest BCUT2D eigenvalue weighted by molar-refractivity contribution is 5.76. The van der Waals surface area contributed by atoms with E-state index in [1.54, 1.807) is 0 Å². The highest BCUT2D eigenvalue weighted by Crippen LogP contribution is 2.17. The molecule has 400 valence electrons. The fraction of sp³-hybridized carbons (Fsp3) is 0.871. The lowest BCUT2D eigenvalue weighted by atomic mass is 10.0. The van der Waals surface area contributed by atoms with Crippen molar-refractivity contribution in [2.75, 3.05) is 13.2 Å². The molecule has 0 fully saturated rings. The van der Waals surface area contributed by atoms with Gasteiger partial charge in [-0.25, -0.2) is 0 Å². The van der Waals surface area contributed by atoms with Crippen molar-refractivity contribution in [3.05, 3.63) is 36.5 Å². The van der Waals surface area contributed by atoms with Gasteiger partial charge in [-0.05, 0) is 83.5 Å². The van der Waals surface area contributed by atoms with Gasteiger partial charge in [-0.3, -0.25) is 9.59 Å². The third kappa shape index (κ3) is 53.4. The molecule has 68 heavy (non-hydrogen) atoms. The summed E-state index contributed by atoms with van der Waals surface area (Å²) in [6.45, 7) is 4.90. The number of allylic oxidation sites excluding steroid dienone is 6. The summed E-state index contributed by atoms with van der Waals surface area (Å²) in [6, 6.07) is -0.560. The van der Waals surface area contributed by atoms with Crippen LogP contribution in [0.5, 0.6) is 0 Å². The molecule has 3 N–H and O–H groups in total. The molecule has 0 aromatic rings. The van der Waals surface area contributed by atoms with Crippen molar-refractivity contribution in [3.8, 4) is 0 Å². The summed E-state index contributed by atoms with van der Waals surface area (Å²) in [5.41, 5.74) is 0. The molecule has 0 aromatic heterocycles. The van der Waals surface area contributed by atoms with Crippen molar-refractivity contribution in [1.29, 1.82) is 0 Å². The zero-order valence-corrected chi connectivity index (χ0v) is 45.6. The van der Waals surface area contributed by atoms with Crippen molar-refractivity contribution in [2.24, 2.45) is 0 Å². The number of amides is 1. The molecule has 0 radical (unpaired) electrons. The van der Waals surface area contributed by atoms with Gasteiger partial charge in [0.05, 0.1) is 25.4 Å². The number of rotatable bonds is 56. The van der Waals surface area contributed by atoms with Crippen molar-refractivity contribution in [1.82, 2.24) is 5.32 Å². The Hall–Kier alpha value is -1.92. The predicted octanol–water partition coefficient (Wildman–Crippen LogP) is 18.8. The largest absolute Gasteiger partial charge is 0.466 e. The molecule has 0 aliphatic heterocycles. The third-order valence-corrected chi connectivity index (χ3v) is 13.9. The molecular formula is C62H117NO5. The van der Waals surface area contributed by atoms with Crippen LogP contribution in [0, 0.1) is 0 Å². The zero-order valence-electron chi connectivity index (χ0n) is 45.6. The van der Waals surface area contributed by atoms with Gasteiger partial charge in [0.25, 0.3) is 0 Å². The van der Waals surface area contributed by atoms with Crippen LogP contribution in [0.4, 0.5) is 0 Å². The van der Waals surface area contributed by atoms with Crippen LogP contribution < -0.4 is 5.32 Å². The van der Waals surface area contributed by atoms with Gasteiger partial charge in [0.2, 0.25) is 5.91 Å². The number of carbonyl (C=O) groups excluding carboxylic acids is 2. The fourth-order valence-electron chi connectivity index (χ4n) is 9.27. The maximum absolute atomic E-state index is 12.5. The van der Waals surface area contributed by atoms with E-state index in [1.165, 1.54) is 212 Å². The summed E-state index contributed by atoms with van der Waals surface area (Å²) in [7, 11) is 0. The van der Waals surface area contributed by atoms with Crippen LogP contribution in [-0.4, -0.2) is 47.4 Å². The second-order valence-corrected chi connectivity index (χ2v) is 20.7. The molecule has 0 rings (SSSR count). The average Bonchev–Trinajstić information content (AvgIpc) is 3.34. The maximum atomic E-state index is 12.5. The molecule has 0 bridgehead atoms. The quantitative estimate of drug-likeness (QED) is 0.0244. The Bertz CT molecular complexity index is 1100. The lowest BCUT2D eigenvalue weighted by Gasteiger charge is -2.22. The topological polar surface area (TPSA) is 95.9 Å². The Morgan fingerprint density at radius 1 is 0.412 bits per heavy atom. The Balaban J connectivity index is 3.51. The van der Waals surface area contributed by atoms with Crippen molar-refractivity contribution in [3.63, 3.8) is 0 Å². The summed E-state index contributed by atoms with van der Waals surface area (Å²) in [5, 5.41) is 23.3. The number of aliphatic hydroxyl groups excluding tert-OH is 2. The van der Waals surface area contributed by atoms with E-state index < -0.39 is 12.1 Å². The van der Waals surface area contributed by atoms with E-state index in [1.807, 2.05) is 0 Å². The van der Waals surface area contributed by atoms with Crippen LogP contribution in [0.25, 0.3) is 0 Å². The van der Waals surface area contributed by atoms with Gasteiger partial charge in [-0.15, -0.1) is 0 Å². The first-order valence-corrected chi connectivity index (χ1v) is 30.3. The van der Waals surface area contributed by atoms with Gasteiger partial charge >= 0.3 is 5.97 Å². The molecule has 0 aliphatic carbocycles. The number of aliphatic hydroxyl groups is 2. The van der Waals surface area contributed by atoms with Crippen LogP contribution in [0.1, 0.15) is 322 Å². The number of hydrogen-bond acceptors (Lipinski definition) is 5. The highest BCUT2D eigenvalue weighted by atomic mass is 16.5. The number of ether oxygens (including phenoxy) is 1. The van der Waals surface area contributed by atoms with Gasteiger partial charge in [-0.2, -0.15) is 0 Å². The fourth-order valence-corrected chi connectivity index (χ4v) is 9.27. The lowest BCUT2D eigenvalue weighted by molar-refractivity contribution is -0.143. The van der Waals surface area contributed by atoms with E-state index in [-0.39, 0.29) is 18.5 Å². The van der Waals surface area contributed by atoms with E-state index in [0.717, 1.165) is 77.0 Å². The lowest BCUT2D eigenvalue weighted by Crippen LogP contribution is -2.45. The van der Waals surface area contributed by atoms with Crippen LogP contribution in [0.15, 0.2) is 36.5 Å². The van der Waals surface area contributed by atoms with Crippen molar-refractivity contribution < 1.29 is 24.5 Å². The van der Waals surface area contributed by atoms with Crippen LogP contribution in [0.2, 0.25) is 0 Å². The second kappa shape index (κ2) is 57.7. The minimum absolute atomic E-state index is 0.0292. The van der Waals surface area contributed by atoms with E-state index in [2.05, 4.69) is 55.6 Å². The number of unbranched alkanes of at least 4 members (excludes halogenated alkanes) is 40. The first-order chi connectivity index (χ1) is 33.5. The number of nitrogens with one attached hydrogen (secondary N) is 1. The number of esters is 1. The molecular weight excluding hydrogens is 839 g/mol. The van der Waals surface area contributed by atoms with E-state index in [9.17, 15) is 19.8 Å². The standard InChI is InChI=1S/C62H117NO5/c1-3-5-7-9-11-13-15-17-19-20-21-22-23-24-27-30-34-38-42-46-50-54-60(65)59(58-64)63-61(66)55-51-47-43-39-35-31-28-25-29-33-37-41-45-49-53-57-68-62(67)56-52-48-44-40-36-32-26-18-16-14-12-10-8-6-4-2/h18,25-26,29,33,37,59-60,64-65H,3-17,19-24,27-28,30-32,34-36,38-58H2,1-2H3,(H,63,66)/b26-18-,29-25-,37-33-. The van der Waals surface area contributed by atoms with E-state index in [4.69, 9.17) is 4.74 Å². The van der Waals surface area contributed by atoms with Crippen LogP contribution in [-0.2, 0) is 14.3 Å². The minimum Gasteiger partial charge on any atom is -0.466 e.